The summed E-state index contributed by atoms with van der Waals surface area (Å²) in [6.07, 6.45) is 0. The number of rotatable bonds is 2. The molecule has 1 aromatic rings. The van der Waals surface area contributed by atoms with Crippen molar-refractivity contribution in [3.63, 3.8) is 0 Å². The maximum Gasteiger partial charge on any atom is 0.336 e. The second-order valence-corrected chi connectivity index (χ2v) is 3.33. The van der Waals surface area contributed by atoms with E-state index >= 15 is 0 Å². The van der Waals surface area contributed by atoms with Crippen LogP contribution in [0.25, 0.3) is 0 Å². The van der Waals surface area contributed by atoms with Crippen molar-refractivity contribution in [2.75, 3.05) is 0 Å². The number of benzene rings is 1. The third-order valence-corrected chi connectivity index (χ3v) is 2.56. The van der Waals surface area contributed by atoms with Gasteiger partial charge in [-0.15, -0.1) is 0 Å². The van der Waals surface area contributed by atoms with Gasteiger partial charge in [0.25, 0.3) is 0 Å². The molecule has 0 atom stereocenters. The Hall–Kier alpha value is -1.38. The predicted octanol–water partition coefficient (Wildman–Crippen LogP) is 1.51. The molecule has 0 spiro atoms. The molecule has 72 valence electrons. The molecule has 0 fully saturated rings. The highest BCUT2D eigenvalue weighted by Crippen LogP contribution is 2.24. The largest absolute Gasteiger partial charge is 0.478 e. The summed E-state index contributed by atoms with van der Waals surface area (Å²) in [4.78, 5) is 10.7. The molecule has 14 heavy (non-hydrogen) atoms. The lowest BCUT2D eigenvalue weighted by atomic mass is 10.1. The molecule has 0 saturated carbocycles. The SMILES string of the molecule is N#Cc1c(CO)ccc(C(=O)O)c1Br. The molecule has 2 N–H and O–H groups in total. The van der Waals surface area contributed by atoms with Crippen molar-refractivity contribution in [1.29, 1.82) is 5.26 Å². The molecule has 0 aliphatic carbocycles. The van der Waals surface area contributed by atoms with Gasteiger partial charge >= 0.3 is 5.97 Å². The van der Waals surface area contributed by atoms with E-state index in [1.807, 2.05) is 6.07 Å². The summed E-state index contributed by atoms with van der Waals surface area (Å²) < 4.78 is 0.207. The minimum absolute atomic E-state index is 0.0127. The molecule has 4 nitrogen and oxygen atoms in total. The molecule has 0 aliphatic rings. The number of hydrogen-bond acceptors (Lipinski definition) is 3. The normalized spacial score (nSPS) is 9.50. The van der Waals surface area contributed by atoms with Gasteiger partial charge in [0.2, 0.25) is 0 Å². The van der Waals surface area contributed by atoms with Gasteiger partial charge in [-0.2, -0.15) is 5.26 Å². The van der Waals surface area contributed by atoms with Crippen LogP contribution in [0.3, 0.4) is 0 Å². The van der Waals surface area contributed by atoms with E-state index in [1.54, 1.807) is 0 Å². The first kappa shape index (κ1) is 10.7. The van der Waals surface area contributed by atoms with Gasteiger partial charge in [-0.05, 0) is 27.6 Å². The summed E-state index contributed by atoms with van der Waals surface area (Å²) in [7, 11) is 0. The average molecular weight is 256 g/mol. The van der Waals surface area contributed by atoms with Crippen LogP contribution < -0.4 is 0 Å². The van der Waals surface area contributed by atoms with Crippen LogP contribution in [-0.2, 0) is 6.61 Å². The third-order valence-electron chi connectivity index (χ3n) is 1.74. The molecule has 1 aromatic carbocycles. The topological polar surface area (TPSA) is 81.3 Å². The molecule has 1 rings (SSSR count). The van der Waals surface area contributed by atoms with Gasteiger partial charge in [0, 0.05) is 0 Å². The zero-order valence-electron chi connectivity index (χ0n) is 6.99. The monoisotopic (exact) mass is 255 g/mol. The van der Waals surface area contributed by atoms with E-state index < -0.39 is 5.97 Å². The van der Waals surface area contributed by atoms with Gasteiger partial charge in [0.05, 0.1) is 22.2 Å². The highest BCUT2D eigenvalue weighted by atomic mass is 79.9. The van der Waals surface area contributed by atoms with Crippen molar-refractivity contribution in [1.82, 2.24) is 0 Å². The van der Waals surface area contributed by atoms with E-state index in [0.717, 1.165) is 0 Å². The van der Waals surface area contributed by atoms with Crippen molar-refractivity contribution in [3.05, 3.63) is 33.3 Å². The van der Waals surface area contributed by atoms with E-state index in [2.05, 4.69) is 15.9 Å². The number of hydrogen-bond donors (Lipinski definition) is 2. The van der Waals surface area contributed by atoms with Crippen molar-refractivity contribution in [2.45, 2.75) is 6.61 Å². The van der Waals surface area contributed by atoms with Crippen molar-refractivity contribution >= 4 is 21.9 Å². The molecule has 0 heterocycles. The number of halogens is 1. The Labute approximate surface area is 88.5 Å². The number of carbonyl (C=O) groups is 1. The maximum absolute atomic E-state index is 10.7. The average Bonchev–Trinajstić information content (AvgIpc) is 2.16. The summed E-state index contributed by atoms with van der Waals surface area (Å²) in [6, 6.07) is 4.61. The summed E-state index contributed by atoms with van der Waals surface area (Å²) in [5, 5.41) is 26.4. The van der Waals surface area contributed by atoms with E-state index in [1.165, 1.54) is 12.1 Å². The van der Waals surface area contributed by atoms with Crippen molar-refractivity contribution < 1.29 is 15.0 Å². The summed E-state index contributed by atoms with van der Waals surface area (Å²) >= 11 is 3.02. The van der Waals surface area contributed by atoms with E-state index in [-0.39, 0.29) is 22.2 Å². The number of aromatic carboxylic acids is 1. The maximum atomic E-state index is 10.7. The first-order chi connectivity index (χ1) is 6.61. The van der Waals surface area contributed by atoms with Gasteiger partial charge in [0.15, 0.2) is 0 Å². The molecular formula is C9H6BrNO3. The Bertz CT molecular complexity index is 423. The predicted molar refractivity (Wildman–Crippen MR) is 51.7 cm³/mol. The standard InChI is InChI=1S/C9H6BrNO3/c10-8-6(9(13)14)2-1-5(4-12)7(8)3-11/h1-2,12H,4H2,(H,13,14). The Balaban J connectivity index is 3.44. The molecule has 0 amide bonds. The first-order valence-electron chi connectivity index (χ1n) is 3.67. The fraction of sp³-hybridized carbons (Fsp3) is 0.111. The van der Waals surface area contributed by atoms with Gasteiger partial charge in [-0.3, -0.25) is 0 Å². The minimum Gasteiger partial charge on any atom is -0.478 e. The number of nitrogens with zero attached hydrogens (tertiary/aromatic N) is 1. The van der Waals surface area contributed by atoms with Crippen LogP contribution in [0.15, 0.2) is 16.6 Å². The third kappa shape index (κ3) is 1.76. The zero-order chi connectivity index (χ0) is 10.7. The van der Waals surface area contributed by atoms with Gasteiger partial charge < -0.3 is 10.2 Å². The lowest BCUT2D eigenvalue weighted by Gasteiger charge is -2.05. The molecule has 0 aromatic heterocycles. The van der Waals surface area contributed by atoms with Gasteiger partial charge in [-0.1, -0.05) is 6.07 Å². The number of aliphatic hydroxyl groups is 1. The van der Waals surface area contributed by atoms with E-state index in [4.69, 9.17) is 15.5 Å². The molecule has 5 heteroatoms. The quantitative estimate of drug-likeness (QED) is 0.840. The number of nitriles is 1. The number of carboxylic acid groups (broad SMARTS) is 1. The van der Waals surface area contributed by atoms with Crippen LogP contribution in [-0.4, -0.2) is 16.2 Å². The second kappa shape index (κ2) is 4.22. The molecule has 0 bridgehead atoms. The van der Waals surface area contributed by atoms with Crippen LogP contribution in [0.1, 0.15) is 21.5 Å². The summed E-state index contributed by atoms with van der Waals surface area (Å²) in [5.41, 5.74) is 0.579. The smallest absolute Gasteiger partial charge is 0.336 e. The fourth-order valence-corrected chi connectivity index (χ4v) is 1.68. The highest BCUT2D eigenvalue weighted by molar-refractivity contribution is 9.10. The lowest BCUT2D eigenvalue weighted by Crippen LogP contribution is -2.01. The molecule has 0 aliphatic heterocycles. The first-order valence-corrected chi connectivity index (χ1v) is 4.46. The van der Waals surface area contributed by atoms with Crippen LogP contribution in [0.5, 0.6) is 0 Å². The molecular weight excluding hydrogens is 250 g/mol. The van der Waals surface area contributed by atoms with E-state index in [9.17, 15) is 4.79 Å². The zero-order valence-corrected chi connectivity index (χ0v) is 8.58. The van der Waals surface area contributed by atoms with Crippen LogP contribution in [0, 0.1) is 11.3 Å². The van der Waals surface area contributed by atoms with Crippen LogP contribution in [0.4, 0.5) is 0 Å². The lowest BCUT2D eigenvalue weighted by molar-refractivity contribution is 0.0695. The van der Waals surface area contributed by atoms with Crippen molar-refractivity contribution in [3.8, 4) is 6.07 Å². The minimum atomic E-state index is -1.11. The fourth-order valence-electron chi connectivity index (χ4n) is 1.03. The summed E-state index contributed by atoms with van der Waals surface area (Å²) in [6.45, 7) is -0.290. The number of aliphatic hydroxyl groups excluding tert-OH is 1. The molecule has 0 saturated heterocycles. The van der Waals surface area contributed by atoms with Crippen LogP contribution in [0.2, 0.25) is 0 Å². The Kier molecular flexibility index (Phi) is 3.23. The van der Waals surface area contributed by atoms with Gasteiger partial charge in [-0.25, -0.2) is 4.79 Å². The van der Waals surface area contributed by atoms with E-state index in [0.29, 0.717) is 5.56 Å². The summed E-state index contributed by atoms with van der Waals surface area (Å²) in [5.74, 6) is -1.11. The second-order valence-electron chi connectivity index (χ2n) is 2.54. The number of carboxylic acids is 1. The van der Waals surface area contributed by atoms with Crippen molar-refractivity contribution in [2.24, 2.45) is 0 Å². The Morgan fingerprint density at radius 2 is 2.21 bits per heavy atom. The Morgan fingerprint density at radius 1 is 1.57 bits per heavy atom. The molecule has 0 radical (unpaired) electrons. The van der Waals surface area contributed by atoms with Gasteiger partial charge in [0.1, 0.15) is 6.07 Å². The Morgan fingerprint density at radius 3 is 2.64 bits per heavy atom. The van der Waals surface area contributed by atoms with Crippen LogP contribution >= 0.6 is 15.9 Å². The molecule has 0 unspecified atom stereocenters. The highest BCUT2D eigenvalue weighted by Gasteiger charge is 2.14.